The summed E-state index contributed by atoms with van der Waals surface area (Å²) in [4.78, 5) is 10.8. The molecule has 20 heavy (non-hydrogen) atoms. The molecule has 0 fully saturated rings. The zero-order chi connectivity index (χ0) is 14.7. The van der Waals surface area contributed by atoms with Gasteiger partial charge < -0.3 is 10.6 Å². The molecule has 0 radical (unpaired) electrons. The molecule has 1 aromatic heterocycles. The van der Waals surface area contributed by atoms with Crippen molar-refractivity contribution in [1.29, 1.82) is 0 Å². The number of nitrogens with two attached hydrogens (primary N) is 1. The highest BCUT2D eigenvalue weighted by Gasteiger charge is 2.14. The van der Waals surface area contributed by atoms with Gasteiger partial charge in [-0.3, -0.25) is 0 Å². The van der Waals surface area contributed by atoms with Gasteiger partial charge in [0.25, 0.3) is 0 Å². The van der Waals surface area contributed by atoms with E-state index in [-0.39, 0.29) is 6.04 Å². The fourth-order valence-corrected chi connectivity index (χ4v) is 2.11. The van der Waals surface area contributed by atoms with Gasteiger partial charge in [-0.2, -0.15) is 0 Å². The molecule has 2 aromatic rings. The number of hydrogen-bond acceptors (Lipinski definition) is 4. The molecule has 4 nitrogen and oxygen atoms in total. The molecule has 0 aliphatic heterocycles. The summed E-state index contributed by atoms with van der Waals surface area (Å²) < 4.78 is 0. The second-order valence-corrected chi connectivity index (χ2v) is 5.41. The molecule has 1 aromatic carbocycles. The van der Waals surface area contributed by atoms with E-state index in [1.807, 2.05) is 31.3 Å². The molecule has 4 heteroatoms. The Kier molecular flexibility index (Phi) is 4.23. The van der Waals surface area contributed by atoms with Crippen LogP contribution >= 0.6 is 0 Å². The van der Waals surface area contributed by atoms with E-state index in [4.69, 9.17) is 5.73 Å². The lowest BCUT2D eigenvalue weighted by molar-refractivity contribution is 0.720. The first-order valence-corrected chi connectivity index (χ1v) is 6.89. The molecule has 1 unspecified atom stereocenters. The summed E-state index contributed by atoms with van der Waals surface area (Å²) in [5, 5.41) is 0. The molecule has 1 heterocycles. The molecular weight excluding hydrogens is 248 g/mol. The fraction of sp³-hybridized carbons (Fsp3) is 0.375. The van der Waals surface area contributed by atoms with Crippen molar-refractivity contribution in [2.45, 2.75) is 32.7 Å². The van der Waals surface area contributed by atoms with Crippen LogP contribution in [0.25, 0.3) is 0 Å². The maximum Gasteiger partial charge on any atom is 0.132 e. The van der Waals surface area contributed by atoms with E-state index >= 15 is 0 Å². The lowest BCUT2D eigenvalue weighted by Gasteiger charge is -2.27. The van der Waals surface area contributed by atoms with Crippen molar-refractivity contribution in [3.63, 3.8) is 0 Å². The molecule has 0 amide bonds. The van der Waals surface area contributed by atoms with Crippen molar-refractivity contribution in [1.82, 2.24) is 9.97 Å². The molecular formula is C16H22N4. The molecule has 106 valence electrons. The van der Waals surface area contributed by atoms with Crippen molar-refractivity contribution < 1.29 is 0 Å². The highest BCUT2D eigenvalue weighted by Crippen LogP contribution is 2.26. The normalized spacial score (nSPS) is 12.4. The van der Waals surface area contributed by atoms with E-state index in [9.17, 15) is 0 Å². The molecule has 0 saturated carbocycles. The average Bonchev–Trinajstić information content (AvgIpc) is 2.45. The molecule has 0 bridgehead atoms. The van der Waals surface area contributed by atoms with Crippen LogP contribution in [-0.2, 0) is 0 Å². The van der Waals surface area contributed by atoms with Crippen molar-refractivity contribution in [3.05, 3.63) is 47.9 Å². The van der Waals surface area contributed by atoms with E-state index < -0.39 is 0 Å². The maximum atomic E-state index is 5.85. The standard InChI is InChI=1S/C16H22N4/c1-11(2)15-9-16(19-10-18-15)20(4)12(3)13-6-5-7-14(17)8-13/h5-12H,17H2,1-4H3. The largest absolute Gasteiger partial charge is 0.399 e. The summed E-state index contributed by atoms with van der Waals surface area (Å²) in [6.45, 7) is 6.41. The predicted octanol–water partition coefficient (Wildman–Crippen LogP) is 3.38. The van der Waals surface area contributed by atoms with Gasteiger partial charge in [-0.05, 0) is 30.5 Å². The summed E-state index contributed by atoms with van der Waals surface area (Å²) >= 11 is 0. The van der Waals surface area contributed by atoms with Crippen LogP contribution in [0.15, 0.2) is 36.7 Å². The number of anilines is 2. The second kappa shape index (κ2) is 5.90. The highest BCUT2D eigenvalue weighted by molar-refractivity contribution is 5.46. The summed E-state index contributed by atoms with van der Waals surface area (Å²) in [5.74, 6) is 1.33. The zero-order valence-electron chi connectivity index (χ0n) is 12.5. The van der Waals surface area contributed by atoms with Gasteiger partial charge in [0.1, 0.15) is 12.1 Å². The number of nitrogens with zero attached hydrogens (tertiary/aromatic N) is 3. The molecule has 2 rings (SSSR count). The van der Waals surface area contributed by atoms with Gasteiger partial charge in [0.15, 0.2) is 0 Å². The van der Waals surface area contributed by atoms with Gasteiger partial charge in [0.2, 0.25) is 0 Å². The average molecular weight is 270 g/mol. The van der Waals surface area contributed by atoms with Gasteiger partial charge in [-0.25, -0.2) is 9.97 Å². The number of rotatable bonds is 4. The van der Waals surface area contributed by atoms with Crippen molar-refractivity contribution >= 4 is 11.5 Å². The first-order valence-electron chi connectivity index (χ1n) is 6.89. The summed E-state index contributed by atoms with van der Waals surface area (Å²) in [6, 6.07) is 10.2. The van der Waals surface area contributed by atoms with Crippen LogP contribution in [0.5, 0.6) is 0 Å². The van der Waals surface area contributed by atoms with Crippen molar-refractivity contribution in [3.8, 4) is 0 Å². The topological polar surface area (TPSA) is 55.0 Å². The van der Waals surface area contributed by atoms with Gasteiger partial charge in [0.05, 0.1) is 6.04 Å². The van der Waals surface area contributed by atoms with Gasteiger partial charge in [0, 0.05) is 24.5 Å². The van der Waals surface area contributed by atoms with Crippen LogP contribution in [0.3, 0.4) is 0 Å². The van der Waals surface area contributed by atoms with E-state index in [0.29, 0.717) is 5.92 Å². The lowest BCUT2D eigenvalue weighted by atomic mass is 10.1. The van der Waals surface area contributed by atoms with E-state index in [2.05, 4.69) is 41.7 Å². The lowest BCUT2D eigenvalue weighted by Crippen LogP contribution is -2.23. The highest BCUT2D eigenvalue weighted by atomic mass is 15.2. The monoisotopic (exact) mass is 270 g/mol. The Labute approximate surface area is 120 Å². The molecule has 2 N–H and O–H groups in total. The smallest absolute Gasteiger partial charge is 0.132 e. The third-order valence-electron chi connectivity index (χ3n) is 3.60. The predicted molar refractivity (Wildman–Crippen MR) is 83.8 cm³/mol. The third-order valence-corrected chi connectivity index (χ3v) is 3.60. The van der Waals surface area contributed by atoms with Crippen LogP contribution in [-0.4, -0.2) is 17.0 Å². The molecule has 0 spiro atoms. The molecule has 0 saturated heterocycles. The van der Waals surface area contributed by atoms with Crippen LogP contribution in [0.4, 0.5) is 11.5 Å². The SMILES string of the molecule is CC(C)c1cc(N(C)C(C)c2cccc(N)c2)ncn1. The van der Waals surface area contributed by atoms with Crippen LogP contribution in [0, 0.1) is 0 Å². The Morgan fingerprint density at radius 3 is 2.50 bits per heavy atom. The van der Waals surface area contributed by atoms with Gasteiger partial charge >= 0.3 is 0 Å². The summed E-state index contributed by atoms with van der Waals surface area (Å²) in [5.41, 5.74) is 8.88. The van der Waals surface area contributed by atoms with Crippen LogP contribution in [0.2, 0.25) is 0 Å². The summed E-state index contributed by atoms with van der Waals surface area (Å²) in [7, 11) is 2.04. The van der Waals surface area contributed by atoms with E-state index in [1.54, 1.807) is 6.33 Å². The second-order valence-electron chi connectivity index (χ2n) is 5.41. The van der Waals surface area contributed by atoms with Gasteiger partial charge in [-0.1, -0.05) is 26.0 Å². The third kappa shape index (κ3) is 3.07. The van der Waals surface area contributed by atoms with E-state index in [1.165, 1.54) is 5.56 Å². The quantitative estimate of drug-likeness (QED) is 0.865. The van der Waals surface area contributed by atoms with Crippen molar-refractivity contribution in [2.24, 2.45) is 0 Å². The molecule has 0 aliphatic carbocycles. The number of hydrogen-bond donors (Lipinski definition) is 1. The maximum absolute atomic E-state index is 5.85. The fourth-order valence-electron chi connectivity index (χ4n) is 2.11. The number of benzene rings is 1. The first-order chi connectivity index (χ1) is 9.49. The van der Waals surface area contributed by atoms with Crippen LogP contribution < -0.4 is 10.6 Å². The molecule has 0 aliphatic rings. The Balaban J connectivity index is 2.26. The minimum atomic E-state index is 0.202. The number of nitrogen functional groups attached to an aromatic ring is 1. The van der Waals surface area contributed by atoms with Crippen molar-refractivity contribution in [2.75, 3.05) is 17.7 Å². The zero-order valence-corrected chi connectivity index (χ0v) is 12.5. The minimum Gasteiger partial charge on any atom is -0.399 e. The first kappa shape index (κ1) is 14.3. The van der Waals surface area contributed by atoms with Gasteiger partial charge in [-0.15, -0.1) is 0 Å². The van der Waals surface area contributed by atoms with E-state index in [0.717, 1.165) is 17.2 Å². The minimum absolute atomic E-state index is 0.202. The Morgan fingerprint density at radius 2 is 1.85 bits per heavy atom. The Hall–Kier alpha value is -2.10. The Morgan fingerprint density at radius 1 is 1.10 bits per heavy atom. The molecule has 1 atom stereocenters. The Bertz CT molecular complexity index is 580. The van der Waals surface area contributed by atoms with Crippen LogP contribution in [0.1, 0.15) is 44.0 Å². The number of aromatic nitrogens is 2. The summed E-state index contributed by atoms with van der Waals surface area (Å²) in [6.07, 6.45) is 1.63.